The zero-order valence-electron chi connectivity index (χ0n) is 19.0. The molecule has 0 heterocycles. The van der Waals surface area contributed by atoms with Gasteiger partial charge in [0.1, 0.15) is 5.75 Å². The van der Waals surface area contributed by atoms with Gasteiger partial charge in [0.2, 0.25) is 0 Å². The number of benzene rings is 3. The van der Waals surface area contributed by atoms with Gasteiger partial charge in [-0.2, -0.15) is 0 Å². The molecule has 0 fully saturated rings. The van der Waals surface area contributed by atoms with Crippen molar-refractivity contribution in [3.8, 4) is 28.4 Å². The molecule has 0 saturated carbocycles. The zero-order chi connectivity index (χ0) is 22.8. The molecule has 0 bridgehead atoms. The third-order valence-electron chi connectivity index (χ3n) is 5.06. The van der Waals surface area contributed by atoms with E-state index in [9.17, 15) is 4.79 Å². The summed E-state index contributed by atoms with van der Waals surface area (Å²) in [4.78, 5) is 12.2. The summed E-state index contributed by atoms with van der Waals surface area (Å²) in [5.74, 6) is 1.41. The molecule has 3 rings (SSSR count). The van der Waals surface area contributed by atoms with Crippen LogP contribution in [0, 0.1) is 6.92 Å². The molecular formula is C28H30O4. The first-order valence-electron chi connectivity index (χ1n) is 11.0. The number of ether oxygens (including phenoxy) is 3. The molecule has 4 nitrogen and oxygen atoms in total. The van der Waals surface area contributed by atoms with Gasteiger partial charge in [0, 0.05) is 6.08 Å². The summed E-state index contributed by atoms with van der Waals surface area (Å²) in [6, 6.07) is 21.4. The average Bonchev–Trinajstić information content (AvgIpc) is 2.82. The van der Waals surface area contributed by atoms with Gasteiger partial charge in [-0.3, -0.25) is 0 Å². The molecular weight excluding hydrogens is 400 g/mol. The van der Waals surface area contributed by atoms with Gasteiger partial charge in [0.05, 0.1) is 13.7 Å². The highest BCUT2D eigenvalue weighted by Crippen LogP contribution is 2.29. The van der Waals surface area contributed by atoms with Crippen LogP contribution in [0.2, 0.25) is 0 Å². The highest BCUT2D eigenvalue weighted by molar-refractivity contribution is 5.89. The van der Waals surface area contributed by atoms with E-state index in [1.54, 1.807) is 25.3 Å². The topological polar surface area (TPSA) is 44.8 Å². The third kappa shape index (κ3) is 6.74. The Balaban J connectivity index is 1.58. The fourth-order valence-electron chi connectivity index (χ4n) is 3.22. The lowest BCUT2D eigenvalue weighted by Gasteiger charge is -2.11. The fourth-order valence-corrected chi connectivity index (χ4v) is 3.22. The first kappa shape index (κ1) is 23.1. The number of carbonyl (C=O) groups excluding carboxylic acids is 1. The molecule has 0 spiro atoms. The summed E-state index contributed by atoms with van der Waals surface area (Å²) in [6.45, 7) is 4.88. The lowest BCUT2D eigenvalue weighted by Crippen LogP contribution is -2.03. The molecule has 3 aromatic carbocycles. The van der Waals surface area contributed by atoms with Gasteiger partial charge in [-0.25, -0.2) is 4.79 Å². The highest BCUT2D eigenvalue weighted by Gasteiger charge is 2.06. The highest BCUT2D eigenvalue weighted by atomic mass is 16.5. The van der Waals surface area contributed by atoms with Gasteiger partial charge in [-0.1, -0.05) is 67.8 Å². The Morgan fingerprint density at radius 1 is 0.875 bits per heavy atom. The van der Waals surface area contributed by atoms with E-state index >= 15 is 0 Å². The van der Waals surface area contributed by atoms with Gasteiger partial charge >= 0.3 is 5.97 Å². The number of methoxy groups -OCH3 is 1. The monoisotopic (exact) mass is 430 g/mol. The predicted octanol–water partition coefficient (Wildman–Crippen LogP) is 6.86. The minimum absolute atomic E-state index is 0.438. The van der Waals surface area contributed by atoms with Gasteiger partial charge in [-0.15, -0.1) is 0 Å². The summed E-state index contributed by atoms with van der Waals surface area (Å²) in [7, 11) is 1.61. The quantitative estimate of drug-likeness (QED) is 0.153. The van der Waals surface area contributed by atoms with Crippen molar-refractivity contribution in [2.24, 2.45) is 0 Å². The van der Waals surface area contributed by atoms with Crippen LogP contribution in [-0.4, -0.2) is 19.7 Å². The van der Waals surface area contributed by atoms with E-state index in [4.69, 9.17) is 14.2 Å². The molecule has 0 unspecified atom stereocenters. The molecule has 0 atom stereocenters. The Morgan fingerprint density at radius 3 is 2.22 bits per heavy atom. The Labute approximate surface area is 190 Å². The number of hydrogen-bond acceptors (Lipinski definition) is 4. The number of hydrogen-bond donors (Lipinski definition) is 0. The molecule has 0 amide bonds. The predicted molar refractivity (Wildman–Crippen MR) is 129 cm³/mol. The lowest BCUT2D eigenvalue weighted by atomic mass is 10.0. The largest absolute Gasteiger partial charge is 0.493 e. The van der Waals surface area contributed by atoms with Crippen molar-refractivity contribution in [2.75, 3.05) is 13.7 Å². The maximum atomic E-state index is 12.2. The minimum atomic E-state index is -0.438. The van der Waals surface area contributed by atoms with Crippen LogP contribution in [0.15, 0.2) is 72.8 Å². The molecule has 166 valence electrons. The summed E-state index contributed by atoms with van der Waals surface area (Å²) < 4.78 is 16.6. The minimum Gasteiger partial charge on any atom is -0.493 e. The lowest BCUT2D eigenvalue weighted by molar-refractivity contribution is -0.128. The smallest absolute Gasteiger partial charge is 0.336 e. The number of unbranched alkanes of at least 4 members (excludes halogenated alkanes) is 2. The van der Waals surface area contributed by atoms with Crippen LogP contribution in [0.1, 0.15) is 37.3 Å². The average molecular weight is 431 g/mol. The van der Waals surface area contributed by atoms with Gasteiger partial charge in [-0.05, 0) is 60.4 Å². The summed E-state index contributed by atoms with van der Waals surface area (Å²) in [6.07, 6.45) is 6.41. The second-order valence-electron chi connectivity index (χ2n) is 7.61. The van der Waals surface area contributed by atoms with Crippen molar-refractivity contribution < 1.29 is 19.0 Å². The molecule has 3 aromatic rings. The Hall–Kier alpha value is -3.53. The molecule has 0 aliphatic heterocycles. The van der Waals surface area contributed by atoms with E-state index in [1.807, 2.05) is 30.3 Å². The summed E-state index contributed by atoms with van der Waals surface area (Å²) in [5, 5.41) is 0. The number of esters is 1. The maximum absolute atomic E-state index is 12.2. The normalized spacial score (nSPS) is 10.8. The van der Waals surface area contributed by atoms with Crippen LogP contribution in [0.4, 0.5) is 0 Å². The van der Waals surface area contributed by atoms with Crippen molar-refractivity contribution >= 4 is 12.0 Å². The van der Waals surface area contributed by atoms with Crippen molar-refractivity contribution in [3.63, 3.8) is 0 Å². The Morgan fingerprint density at radius 2 is 1.56 bits per heavy atom. The maximum Gasteiger partial charge on any atom is 0.336 e. The van der Waals surface area contributed by atoms with Crippen LogP contribution >= 0.6 is 0 Å². The molecule has 0 aliphatic carbocycles. The van der Waals surface area contributed by atoms with Crippen LogP contribution in [0.25, 0.3) is 17.2 Å². The Kier molecular flexibility index (Phi) is 8.50. The molecule has 0 saturated heterocycles. The third-order valence-corrected chi connectivity index (χ3v) is 5.06. The fraction of sp³-hybridized carbons (Fsp3) is 0.250. The van der Waals surface area contributed by atoms with E-state index < -0.39 is 5.97 Å². The Bertz CT molecular complexity index is 1030. The second kappa shape index (κ2) is 11.8. The second-order valence-corrected chi connectivity index (χ2v) is 7.61. The first-order valence-corrected chi connectivity index (χ1v) is 11.0. The SMILES string of the molecule is CCCCCOc1ccc(C=CC(=O)Oc2ccc(-c3ccc(C)cc3)cc2)cc1OC. The molecule has 0 aromatic heterocycles. The number of rotatable bonds is 10. The van der Waals surface area contributed by atoms with Gasteiger partial charge in [0.15, 0.2) is 11.5 Å². The van der Waals surface area contributed by atoms with Crippen molar-refractivity contribution in [1.82, 2.24) is 0 Å². The van der Waals surface area contributed by atoms with E-state index in [0.717, 1.165) is 36.0 Å². The van der Waals surface area contributed by atoms with E-state index in [2.05, 4.69) is 38.1 Å². The van der Waals surface area contributed by atoms with Gasteiger partial charge in [0.25, 0.3) is 0 Å². The van der Waals surface area contributed by atoms with Crippen molar-refractivity contribution in [3.05, 3.63) is 83.9 Å². The summed E-state index contributed by atoms with van der Waals surface area (Å²) >= 11 is 0. The van der Waals surface area contributed by atoms with Crippen LogP contribution in [-0.2, 0) is 4.79 Å². The number of aryl methyl sites for hydroxylation is 1. The van der Waals surface area contributed by atoms with Crippen molar-refractivity contribution in [2.45, 2.75) is 33.1 Å². The van der Waals surface area contributed by atoms with Crippen LogP contribution in [0.5, 0.6) is 17.2 Å². The standard InChI is InChI=1S/C28H30O4/c1-4-5-6-19-31-26-17-9-22(20-27(26)30-3)10-18-28(29)32-25-15-13-24(14-16-25)23-11-7-21(2)8-12-23/h7-18,20H,4-6,19H2,1-3H3. The van der Waals surface area contributed by atoms with E-state index in [1.165, 1.54) is 11.6 Å². The molecule has 0 radical (unpaired) electrons. The molecule has 4 heteroatoms. The summed E-state index contributed by atoms with van der Waals surface area (Å²) in [5.41, 5.74) is 4.25. The zero-order valence-corrected chi connectivity index (χ0v) is 19.0. The first-order chi connectivity index (χ1) is 15.6. The van der Waals surface area contributed by atoms with E-state index in [-0.39, 0.29) is 0 Å². The van der Waals surface area contributed by atoms with Crippen molar-refractivity contribution in [1.29, 1.82) is 0 Å². The van der Waals surface area contributed by atoms with Crippen LogP contribution in [0.3, 0.4) is 0 Å². The molecule has 32 heavy (non-hydrogen) atoms. The van der Waals surface area contributed by atoms with Crippen LogP contribution < -0.4 is 14.2 Å². The van der Waals surface area contributed by atoms with Gasteiger partial charge < -0.3 is 14.2 Å². The number of carbonyl (C=O) groups is 1. The molecule has 0 N–H and O–H groups in total. The molecule has 0 aliphatic rings. The van der Waals surface area contributed by atoms with E-state index in [0.29, 0.717) is 23.9 Å².